The summed E-state index contributed by atoms with van der Waals surface area (Å²) in [5.74, 6) is 0. The Hall–Kier alpha value is -0.610. The molecule has 2 aromatic rings. The summed E-state index contributed by atoms with van der Waals surface area (Å²) in [5, 5.41) is 4.47. The Labute approximate surface area is 108 Å². The summed E-state index contributed by atoms with van der Waals surface area (Å²) in [4.78, 5) is 4.56. The van der Waals surface area contributed by atoms with Crippen molar-refractivity contribution >= 4 is 42.6 Å². The average Bonchev–Trinajstić information content (AvgIpc) is 2.59. The smallest absolute Gasteiger partial charge is 0.183 e. The van der Waals surface area contributed by atoms with Gasteiger partial charge >= 0.3 is 0 Å². The largest absolute Gasteiger partial charge is 0.359 e. The maximum Gasteiger partial charge on any atom is 0.183 e. The summed E-state index contributed by atoms with van der Waals surface area (Å²) >= 11 is 5.19. The number of benzene rings is 1. The zero-order valence-electron chi connectivity index (χ0n) is 9.46. The second-order valence-electron chi connectivity index (χ2n) is 3.97. The minimum Gasteiger partial charge on any atom is -0.359 e. The van der Waals surface area contributed by atoms with E-state index >= 15 is 0 Å². The van der Waals surface area contributed by atoms with Crippen molar-refractivity contribution in [3.63, 3.8) is 0 Å². The van der Waals surface area contributed by atoms with Crippen LogP contribution in [0.25, 0.3) is 10.2 Å². The molecule has 16 heavy (non-hydrogen) atoms. The van der Waals surface area contributed by atoms with Crippen molar-refractivity contribution in [3.8, 4) is 0 Å². The van der Waals surface area contributed by atoms with Gasteiger partial charge in [0.25, 0.3) is 0 Å². The summed E-state index contributed by atoms with van der Waals surface area (Å²) in [6.07, 6.45) is 2.38. The first-order valence-electron chi connectivity index (χ1n) is 5.51. The van der Waals surface area contributed by atoms with E-state index in [9.17, 15) is 0 Å². The van der Waals surface area contributed by atoms with Gasteiger partial charge in [-0.25, -0.2) is 4.98 Å². The van der Waals surface area contributed by atoms with Crippen LogP contribution in [0.3, 0.4) is 0 Å². The molecule has 1 heterocycles. The topological polar surface area (TPSA) is 24.9 Å². The fraction of sp³-hybridized carbons (Fsp3) is 0.417. The highest BCUT2D eigenvalue weighted by molar-refractivity contribution is 9.10. The van der Waals surface area contributed by atoms with Crippen molar-refractivity contribution in [1.82, 2.24) is 4.98 Å². The Kier molecular flexibility index (Phi) is 3.82. The van der Waals surface area contributed by atoms with E-state index in [-0.39, 0.29) is 0 Å². The Balaban J connectivity index is 2.19. The van der Waals surface area contributed by atoms with Crippen LogP contribution in [0.1, 0.15) is 26.7 Å². The standard InChI is InChI=1S/C12H15BrN2S/c1-3-4-8(2)14-12-15-10-6-5-9(13)7-11(10)16-12/h5-8H,3-4H2,1-2H3,(H,14,15). The van der Waals surface area contributed by atoms with Gasteiger partial charge in [-0.05, 0) is 31.5 Å². The molecule has 0 bridgehead atoms. The third-order valence-electron chi connectivity index (χ3n) is 2.44. The average molecular weight is 299 g/mol. The third kappa shape index (κ3) is 2.74. The minimum absolute atomic E-state index is 0.494. The first-order chi connectivity index (χ1) is 7.69. The number of hydrogen-bond acceptors (Lipinski definition) is 3. The van der Waals surface area contributed by atoms with Crippen LogP contribution >= 0.6 is 27.3 Å². The fourth-order valence-corrected chi connectivity index (χ4v) is 3.21. The molecule has 86 valence electrons. The Morgan fingerprint density at radius 3 is 3.06 bits per heavy atom. The lowest BCUT2D eigenvalue weighted by molar-refractivity contribution is 0.690. The number of hydrogen-bond donors (Lipinski definition) is 1. The second kappa shape index (κ2) is 5.15. The molecule has 0 aliphatic rings. The molecule has 0 fully saturated rings. The maximum atomic E-state index is 4.56. The SMILES string of the molecule is CCCC(C)Nc1nc2ccc(Br)cc2s1. The fourth-order valence-electron chi connectivity index (χ4n) is 1.68. The number of nitrogens with one attached hydrogen (secondary N) is 1. The van der Waals surface area contributed by atoms with Crippen LogP contribution in [0.15, 0.2) is 22.7 Å². The van der Waals surface area contributed by atoms with E-state index in [0.29, 0.717) is 6.04 Å². The van der Waals surface area contributed by atoms with Crippen molar-refractivity contribution in [1.29, 1.82) is 0 Å². The zero-order valence-corrected chi connectivity index (χ0v) is 11.9. The number of halogens is 1. The van der Waals surface area contributed by atoms with E-state index in [2.05, 4.69) is 46.1 Å². The van der Waals surface area contributed by atoms with Gasteiger partial charge in [0, 0.05) is 10.5 Å². The maximum absolute atomic E-state index is 4.56. The predicted molar refractivity (Wildman–Crippen MR) is 75.3 cm³/mol. The van der Waals surface area contributed by atoms with Crippen LogP contribution in [0.5, 0.6) is 0 Å². The molecule has 1 atom stereocenters. The molecular formula is C12H15BrN2S. The normalized spacial score (nSPS) is 12.9. The van der Waals surface area contributed by atoms with Gasteiger partial charge in [-0.2, -0.15) is 0 Å². The molecule has 4 heteroatoms. The van der Waals surface area contributed by atoms with Crippen molar-refractivity contribution in [2.75, 3.05) is 5.32 Å². The molecule has 0 aliphatic carbocycles. The Morgan fingerprint density at radius 2 is 2.31 bits per heavy atom. The molecule has 0 saturated heterocycles. The van der Waals surface area contributed by atoms with Crippen LogP contribution in [0, 0.1) is 0 Å². The highest BCUT2D eigenvalue weighted by Gasteiger charge is 2.06. The van der Waals surface area contributed by atoms with Gasteiger partial charge in [0.2, 0.25) is 0 Å². The van der Waals surface area contributed by atoms with E-state index in [1.807, 2.05) is 12.1 Å². The minimum atomic E-state index is 0.494. The van der Waals surface area contributed by atoms with Gasteiger partial charge in [0.15, 0.2) is 5.13 Å². The van der Waals surface area contributed by atoms with Gasteiger partial charge in [-0.3, -0.25) is 0 Å². The summed E-state index contributed by atoms with van der Waals surface area (Å²) in [6, 6.07) is 6.68. The van der Waals surface area contributed by atoms with Crippen molar-refractivity contribution in [3.05, 3.63) is 22.7 Å². The van der Waals surface area contributed by atoms with Crippen LogP contribution in [0.2, 0.25) is 0 Å². The first-order valence-corrected chi connectivity index (χ1v) is 7.12. The lowest BCUT2D eigenvalue weighted by Crippen LogP contribution is -2.13. The van der Waals surface area contributed by atoms with Crippen LogP contribution in [0.4, 0.5) is 5.13 Å². The first kappa shape index (κ1) is 11.9. The molecule has 2 nitrogen and oxygen atoms in total. The molecule has 2 rings (SSSR count). The molecule has 1 aromatic carbocycles. The van der Waals surface area contributed by atoms with Crippen LogP contribution < -0.4 is 5.32 Å². The van der Waals surface area contributed by atoms with Gasteiger partial charge in [0.05, 0.1) is 10.2 Å². The van der Waals surface area contributed by atoms with Gasteiger partial charge in [-0.1, -0.05) is 40.6 Å². The zero-order chi connectivity index (χ0) is 11.5. The Bertz CT molecular complexity index is 481. The number of thiazole rings is 1. The van der Waals surface area contributed by atoms with E-state index in [1.54, 1.807) is 11.3 Å². The monoisotopic (exact) mass is 298 g/mol. The van der Waals surface area contributed by atoms with E-state index < -0.39 is 0 Å². The number of nitrogens with zero attached hydrogens (tertiary/aromatic N) is 1. The number of anilines is 1. The summed E-state index contributed by atoms with van der Waals surface area (Å²) in [7, 11) is 0. The molecule has 0 spiro atoms. The van der Waals surface area contributed by atoms with Crippen molar-refractivity contribution in [2.24, 2.45) is 0 Å². The van der Waals surface area contributed by atoms with E-state index in [0.717, 1.165) is 15.1 Å². The van der Waals surface area contributed by atoms with Gasteiger partial charge < -0.3 is 5.32 Å². The quantitative estimate of drug-likeness (QED) is 0.888. The molecule has 0 aliphatic heterocycles. The van der Waals surface area contributed by atoms with Gasteiger partial charge in [0.1, 0.15) is 0 Å². The lowest BCUT2D eigenvalue weighted by atomic mass is 10.2. The van der Waals surface area contributed by atoms with E-state index in [1.165, 1.54) is 17.5 Å². The number of aromatic nitrogens is 1. The second-order valence-corrected chi connectivity index (χ2v) is 5.91. The van der Waals surface area contributed by atoms with Crippen molar-refractivity contribution in [2.45, 2.75) is 32.7 Å². The molecule has 1 aromatic heterocycles. The summed E-state index contributed by atoms with van der Waals surface area (Å²) < 4.78 is 2.33. The van der Waals surface area contributed by atoms with Crippen LogP contribution in [-0.2, 0) is 0 Å². The molecule has 0 radical (unpaired) electrons. The van der Waals surface area contributed by atoms with Gasteiger partial charge in [-0.15, -0.1) is 0 Å². The molecular weight excluding hydrogens is 284 g/mol. The third-order valence-corrected chi connectivity index (χ3v) is 3.88. The molecule has 0 amide bonds. The summed E-state index contributed by atoms with van der Waals surface area (Å²) in [5.41, 5.74) is 1.07. The highest BCUT2D eigenvalue weighted by Crippen LogP contribution is 2.28. The lowest BCUT2D eigenvalue weighted by Gasteiger charge is -2.10. The molecule has 0 saturated carbocycles. The number of fused-ring (bicyclic) bond motifs is 1. The summed E-state index contributed by atoms with van der Waals surface area (Å²) in [6.45, 7) is 4.40. The van der Waals surface area contributed by atoms with Crippen molar-refractivity contribution < 1.29 is 0 Å². The molecule has 1 N–H and O–H groups in total. The molecule has 1 unspecified atom stereocenters. The van der Waals surface area contributed by atoms with E-state index in [4.69, 9.17) is 0 Å². The van der Waals surface area contributed by atoms with Crippen LogP contribution in [-0.4, -0.2) is 11.0 Å². The highest BCUT2D eigenvalue weighted by atomic mass is 79.9. The Morgan fingerprint density at radius 1 is 1.50 bits per heavy atom. The predicted octanol–water partition coefficient (Wildman–Crippen LogP) is 4.66. The number of rotatable bonds is 4.